The summed E-state index contributed by atoms with van der Waals surface area (Å²) in [7, 11) is 0. The van der Waals surface area contributed by atoms with E-state index in [9.17, 15) is 0 Å². The van der Waals surface area contributed by atoms with Crippen molar-refractivity contribution in [2.45, 2.75) is 20.4 Å². The first-order valence-electron chi connectivity index (χ1n) is 7.16. The van der Waals surface area contributed by atoms with Crippen molar-refractivity contribution in [2.75, 3.05) is 23.3 Å². The van der Waals surface area contributed by atoms with Crippen LogP contribution in [0.1, 0.15) is 19.4 Å². The standard InChI is InChI=1S/C17H20ClIN2/c1-3-21(4-2)15-8-5-13(6-9-15)12-20-17-10-7-14(18)11-16(17)19/h5-11,20H,3-4,12H2,1-2H3. The van der Waals surface area contributed by atoms with Crippen molar-refractivity contribution >= 4 is 45.6 Å². The molecule has 112 valence electrons. The molecule has 0 heterocycles. The van der Waals surface area contributed by atoms with E-state index in [2.05, 4.69) is 70.9 Å². The van der Waals surface area contributed by atoms with Crippen LogP contribution < -0.4 is 10.2 Å². The Morgan fingerprint density at radius 3 is 2.29 bits per heavy atom. The molecule has 0 amide bonds. The molecule has 0 aromatic heterocycles. The zero-order valence-corrected chi connectivity index (χ0v) is 15.3. The Bertz CT molecular complexity index is 580. The Labute approximate surface area is 145 Å². The zero-order valence-electron chi connectivity index (χ0n) is 12.4. The van der Waals surface area contributed by atoms with Crippen LogP contribution in [0.2, 0.25) is 5.02 Å². The van der Waals surface area contributed by atoms with Crippen LogP contribution in [0.25, 0.3) is 0 Å². The summed E-state index contributed by atoms with van der Waals surface area (Å²) in [6.07, 6.45) is 0. The van der Waals surface area contributed by atoms with E-state index >= 15 is 0 Å². The van der Waals surface area contributed by atoms with E-state index in [1.807, 2.05) is 18.2 Å². The molecule has 2 aromatic rings. The molecule has 2 rings (SSSR count). The molecular formula is C17H20ClIN2. The number of hydrogen-bond donors (Lipinski definition) is 1. The summed E-state index contributed by atoms with van der Waals surface area (Å²) in [5.74, 6) is 0. The summed E-state index contributed by atoms with van der Waals surface area (Å²) in [6.45, 7) is 7.26. The van der Waals surface area contributed by atoms with Crippen molar-refractivity contribution in [3.05, 3.63) is 56.6 Å². The maximum Gasteiger partial charge on any atom is 0.0479 e. The summed E-state index contributed by atoms with van der Waals surface area (Å²) in [5, 5.41) is 4.23. The lowest BCUT2D eigenvalue weighted by Crippen LogP contribution is -2.21. The fraction of sp³-hybridized carbons (Fsp3) is 0.294. The number of halogens is 2. The molecule has 1 N–H and O–H groups in total. The summed E-state index contributed by atoms with van der Waals surface area (Å²) in [4.78, 5) is 2.35. The van der Waals surface area contributed by atoms with E-state index in [0.29, 0.717) is 0 Å². The molecule has 0 radical (unpaired) electrons. The smallest absolute Gasteiger partial charge is 0.0479 e. The van der Waals surface area contributed by atoms with Crippen LogP contribution >= 0.6 is 34.2 Å². The predicted molar refractivity (Wildman–Crippen MR) is 101 cm³/mol. The highest BCUT2D eigenvalue weighted by atomic mass is 127. The molecule has 0 fully saturated rings. The first kappa shape index (κ1) is 16.4. The van der Waals surface area contributed by atoms with Crippen molar-refractivity contribution in [3.63, 3.8) is 0 Å². The van der Waals surface area contributed by atoms with Gasteiger partial charge < -0.3 is 10.2 Å². The molecule has 0 aliphatic rings. The van der Waals surface area contributed by atoms with Gasteiger partial charge in [-0.1, -0.05) is 23.7 Å². The second-order valence-electron chi connectivity index (χ2n) is 4.82. The molecule has 0 bridgehead atoms. The molecule has 0 unspecified atom stereocenters. The van der Waals surface area contributed by atoms with Gasteiger partial charge in [0.1, 0.15) is 0 Å². The number of rotatable bonds is 6. The van der Waals surface area contributed by atoms with Gasteiger partial charge in [-0.15, -0.1) is 0 Å². The molecule has 4 heteroatoms. The van der Waals surface area contributed by atoms with E-state index in [1.54, 1.807) is 0 Å². The molecule has 0 saturated heterocycles. The Balaban J connectivity index is 2.00. The summed E-state index contributed by atoms with van der Waals surface area (Å²) in [5.41, 5.74) is 3.68. The van der Waals surface area contributed by atoms with Gasteiger partial charge in [-0.2, -0.15) is 0 Å². The van der Waals surface area contributed by atoms with Gasteiger partial charge in [0.25, 0.3) is 0 Å². The number of hydrogen-bond acceptors (Lipinski definition) is 2. The van der Waals surface area contributed by atoms with Crippen molar-refractivity contribution in [3.8, 4) is 0 Å². The monoisotopic (exact) mass is 414 g/mol. The van der Waals surface area contributed by atoms with Crippen LogP contribution in [0.5, 0.6) is 0 Å². The molecule has 0 spiro atoms. The van der Waals surface area contributed by atoms with Crippen LogP contribution in [0.15, 0.2) is 42.5 Å². The fourth-order valence-corrected chi connectivity index (χ4v) is 3.31. The third kappa shape index (κ3) is 4.51. The second kappa shape index (κ2) is 7.90. The normalized spacial score (nSPS) is 10.5. The largest absolute Gasteiger partial charge is 0.380 e. The number of nitrogens with zero attached hydrogens (tertiary/aromatic N) is 1. The second-order valence-corrected chi connectivity index (χ2v) is 6.42. The van der Waals surface area contributed by atoms with Crippen LogP contribution in [0, 0.1) is 3.57 Å². The Morgan fingerprint density at radius 1 is 1.05 bits per heavy atom. The Hall–Kier alpha value is -0.940. The molecule has 0 saturated carbocycles. The van der Waals surface area contributed by atoms with Crippen LogP contribution in [-0.2, 0) is 6.54 Å². The highest BCUT2D eigenvalue weighted by Gasteiger charge is 2.03. The molecule has 0 aliphatic heterocycles. The molecule has 2 nitrogen and oxygen atoms in total. The third-order valence-corrected chi connectivity index (χ3v) is 4.61. The van der Waals surface area contributed by atoms with Gasteiger partial charge in [-0.05, 0) is 72.3 Å². The quantitative estimate of drug-likeness (QED) is 0.636. The molecular weight excluding hydrogens is 395 g/mol. The van der Waals surface area contributed by atoms with Crippen molar-refractivity contribution in [2.24, 2.45) is 0 Å². The topological polar surface area (TPSA) is 15.3 Å². The van der Waals surface area contributed by atoms with Crippen LogP contribution in [0.4, 0.5) is 11.4 Å². The van der Waals surface area contributed by atoms with Gasteiger partial charge in [-0.3, -0.25) is 0 Å². The highest BCUT2D eigenvalue weighted by Crippen LogP contribution is 2.23. The average molecular weight is 415 g/mol. The zero-order chi connectivity index (χ0) is 15.2. The van der Waals surface area contributed by atoms with E-state index in [0.717, 1.165) is 33.9 Å². The maximum atomic E-state index is 5.97. The van der Waals surface area contributed by atoms with Gasteiger partial charge in [0.05, 0.1) is 0 Å². The first-order chi connectivity index (χ1) is 10.1. The van der Waals surface area contributed by atoms with Gasteiger partial charge in [0.2, 0.25) is 0 Å². The van der Waals surface area contributed by atoms with Gasteiger partial charge in [0.15, 0.2) is 0 Å². The maximum absolute atomic E-state index is 5.97. The lowest BCUT2D eigenvalue weighted by Gasteiger charge is -2.21. The number of nitrogens with one attached hydrogen (secondary N) is 1. The minimum atomic E-state index is 0.772. The van der Waals surface area contributed by atoms with Gasteiger partial charge >= 0.3 is 0 Å². The molecule has 0 aliphatic carbocycles. The summed E-state index contributed by atoms with van der Waals surface area (Å²) in [6, 6.07) is 14.7. The van der Waals surface area contributed by atoms with Crippen molar-refractivity contribution in [1.29, 1.82) is 0 Å². The van der Waals surface area contributed by atoms with Gasteiger partial charge in [0, 0.05) is 39.6 Å². The van der Waals surface area contributed by atoms with Crippen LogP contribution in [-0.4, -0.2) is 13.1 Å². The van der Waals surface area contributed by atoms with E-state index in [-0.39, 0.29) is 0 Å². The average Bonchev–Trinajstić information content (AvgIpc) is 2.49. The minimum absolute atomic E-state index is 0.772. The van der Waals surface area contributed by atoms with Gasteiger partial charge in [-0.25, -0.2) is 0 Å². The summed E-state index contributed by atoms with van der Waals surface area (Å²) < 4.78 is 1.14. The first-order valence-corrected chi connectivity index (χ1v) is 8.62. The molecule has 21 heavy (non-hydrogen) atoms. The predicted octanol–water partition coefficient (Wildman–Crippen LogP) is 5.40. The molecule has 0 atom stereocenters. The van der Waals surface area contributed by atoms with Crippen molar-refractivity contribution in [1.82, 2.24) is 0 Å². The SMILES string of the molecule is CCN(CC)c1ccc(CNc2ccc(Cl)cc2I)cc1. The number of anilines is 2. The Morgan fingerprint density at radius 2 is 1.71 bits per heavy atom. The van der Waals surface area contributed by atoms with Crippen LogP contribution in [0.3, 0.4) is 0 Å². The van der Waals surface area contributed by atoms with E-state index in [4.69, 9.17) is 11.6 Å². The fourth-order valence-electron chi connectivity index (χ4n) is 2.24. The third-order valence-electron chi connectivity index (χ3n) is 3.48. The lowest BCUT2D eigenvalue weighted by atomic mass is 10.2. The lowest BCUT2D eigenvalue weighted by molar-refractivity contribution is 0.865. The minimum Gasteiger partial charge on any atom is -0.380 e. The Kier molecular flexibility index (Phi) is 6.18. The van der Waals surface area contributed by atoms with E-state index < -0.39 is 0 Å². The highest BCUT2D eigenvalue weighted by molar-refractivity contribution is 14.1. The molecule has 2 aromatic carbocycles. The van der Waals surface area contributed by atoms with E-state index in [1.165, 1.54) is 11.3 Å². The summed E-state index contributed by atoms with van der Waals surface area (Å²) >= 11 is 8.27. The van der Waals surface area contributed by atoms with Crippen molar-refractivity contribution < 1.29 is 0 Å². The number of benzene rings is 2.